The van der Waals surface area contributed by atoms with Crippen LogP contribution in [0.25, 0.3) is 0 Å². The summed E-state index contributed by atoms with van der Waals surface area (Å²) in [5.41, 5.74) is -0.0758. The van der Waals surface area contributed by atoms with E-state index in [1.165, 1.54) is 11.0 Å². The maximum atomic E-state index is 13.9. The third-order valence-corrected chi connectivity index (χ3v) is 6.95. The van der Waals surface area contributed by atoms with Crippen molar-refractivity contribution in [2.75, 3.05) is 25.0 Å². The number of benzene rings is 1. The van der Waals surface area contributed by atoms with E-state index in [4.69, 9.17) is 4.74 Å². The van der Waals surface area contributed by atoms with E-state index in [0.29, 0.717) is 18.5 Å². The first-order valence-corrected chi connectivity index (χ1v) is 12.6. The molecule has 38 heavy (non-hydrogen) atoms. The van der Waals surface area contributed by atoms with Crippen molar-refractivity contribution < 1.29 is 32.6 Å². The first-order chi connectivity index (χ1) is 18.0. The molecule has 2 aromatic rings. The van der Waals surface area contributed by atoms with Gasteiger partial charge in [-0.25, -0.2) is 14.6 Å². The summed E-state index contributed by atoms with van der Waals surface area (Å²) in [6, 6.07) is 10.0. The summed E-state index contributed by atoms with van der Waals surface area (Å²) in [5, 5.41) is 5.49. The van der Waals surface area contributed by atoms with Crippen molar-refractivity contribution in [3.05, 3.63) is 53.2 Å². The van der Waals surface area contributed by atoms with Gasteiger partial charge < -0.3 is 25.0 Å². The summed E-state index contributed by atoms with van der Waals surface area (Å²) in [4.78, 5) is 44.7. The van der Waals surface area contributed by atoms with Crippen LogP contribution in [-0.4, -0.2) is 59.6 Å². The number of hydrogen-bond donors (Lipinski definition) is 2. The molecule has 0 radical (unpaired) electrons. The van der Waals surface area contributed by atoms with Gasteiger partial charge in [-0.3, -0.25) is 4.79 Å². The zero-order valence-electron chi connectivity index (χ0n) is 21.8. The van der Waals surface area contributed by atoms with Gasteiger partial charge >= 0.3 is 18.6 Å². The van der Waals surface area contributed by atoms with Crippen LogP contribution < -0.4 is 15.4 Å². The molecule has 1 aromatic heterocycles. The van der Waals surface area contributed by atoms with Crippen LogP contribution in [0.15, 0.2) is 36.4 Å². The van der Waals surface area contributed by atoms with Crippen molar-refractivity contribution >= 4 is 23.6 Å². The summed E-state index contributed by atoms with van der Waals surface area (Å²) >= 11 is 0. The smallest absolute Gasteiger partial charge is 0.388 e. The maximum absolute atomic E-state index is 13.9. The van der Waals surface area contributed by atoms with Gasteiger partial charge in [0, 0.05) is 18.8 Å². The van der Waals surface area contributed by atoms with E-state index in [1.54, 1.807) is 19.9 Å². The van der Waals surface area contributed by atoms with Gasteiger partial charge in [-0.05, 0) is 55.9 Å². The minimum Gasteiger partial charge on any atom is -0.464 e. The molecular weight excluding hydrogens is 498 g/mol. The van der Waals surface area contributed by atoms with Crippen LogP contribution in [0.5, 0.6) is 5.88 Å². The second-order valence-corrected chi connectivity index (χ2v) is 10.1. The maximum Gasteiger partial charge on any atom is 0.388 e. The Morgan fingerprint density at radius 3 is 2.39 bits per heavy atom. The van der Waals surface area contributed by atoms with Crippen molar-refractivity contribution in [2.24, 2.45) is 0 Å². The number of pyridine rings is 1. The first-order valence-electron chi connectivity index (χ1n) is 12.6. The average molecular weight is 531 g/mol. The van der Waals surface area contributed by atoms with E-state index in [2.05, 4.69) is 20.4 Å². The molecule has 1 saturated heterocycles. The van der Waals surface area contributed by atoms with Gasteiger partial charge in [0.1, 0.15) is 16.6 Å². The Kier molecular flexibility index (Phi) is 7.57. The Bertz CT molecular complexity index is 1230. The Labute approximate surface area is 219 Å². The van der Waals surface area contributed by atoms with E-state index in [1.807, 2.05) is 38.1 Å². The molecule has 1 saturated carbocycles. The van der Waals surface area contributed by atoms with Crippen LogP contribution in [0.4, 0.5) is 19.3 Å². The lowest BCUT2D eigenvalue weighted by molar-refractivity contribution is -0.146. The molecule has 2 aliphatic rings. The molecule has 1 aliphatic carbocycles. The van der Waals surface area contributed by atoms with Gasteiger partial charge in [0.05, 0.1) is 6.61 Å². The fourth-order valence-corrected chi connectivity index (χ4v) is 4.72. The molecule has 11 heteroatoms. The highest BCUT2D eigenvalue weighted by atomic mass is 19.3. The molecule has 0 spiro atoms. The molecule has 0 unspecified atom stereocenters. The summed E-state index contributed by atoms with van der Waals surface area (Å²) in [7, 11) is 0. The van der Waals surface area contributed by atoms with Gasteiger partial charge in [-0.1, -0.05) is 38.1 Å². The van der Waals surface area contributed by atoms with E-state index in [9.17, 15) is 23.2 Å². The predicted octanol–water partition coefficient (Wildman–Crippen LogP) is 4.11. The average Bonchev–Trinajstić information content (AvgIpc) is 3.61. The molecule has 204 valence electrons. The third kappa shape index (κ3) is 5.27. The number of hydrogen-bond acceptors (Lipinski definition) is 6. The number of ether oxygens (including phenoxy) is 2. The summed E-state index contributed by atoms with van der Waals surface area (Å²) < 4.78 is 35.7. The van der Waals surface area contributed by atoms with Crippen LogP contribution in [0.3, 0.4) is 0 Å². The Hall–Kier alpha value is -3.76. The Morgan fingerprint density at radius 2 is 1.79 bits per heavy atom. The summed E-state index contributed by atoms with van der Waals surface area (Å²) in [5.74, 6) is -1.26. The molecule has 1 aromatic carbocycles. The first kappa shape index (κ1) is 27.3. The number of likely N-dealkylation sites (tertiary alicyclic amines) is 1. The molecular formula is C27H32F2N4O5. The van der Waals surface area contributed by atoms with Gasteiger partial charge in [0.25, 0.3) is 0 Å². The second kappa shape index (κ2) is 10.5. The number of aryl methyl sites for hydroxylation is 1. The van der Waals surface area contributed by atoms with Crippen LogP contribution in [0.2, 0.25) is 0 Å². The Morgan fingerprint density at radius 1 is 1.11 bits per heavy atom. The SMILES string of the molecule is CCOC(=O)C1(NC(=O)N2CC(C(=O)Nc3ccc(C)nc3OC(F)F)(c3ccccc3C(C)C)C2)CC1. The standard InChI is InChI=1S/C27H32F2N4O5/c1-5-37-23(35)27(12-13-27)32-25(36)33-14-26(15-33,19-9-7-6-8-18(19)16(2)3)22(34)31-20-11-10-17(4)30-21(20)38-24(28)29/h6-11,16,24H,5,12-15H2,1-4H3,(H,31,34)(H,32,36). The normalized spacial score (nSPS) is 17.0. The number of nitrogens with zero attached hydrogens (tertiary/aromatic N) is 2. The van der Waals surface area contributed by atoms with Crippen LogP contribution in [0.1, 0.15) is 56.4 Å². The minimum absolute atomic E-state index is 0.00412. The number of aromatic nitrogens is 1. The number of esters is 1. The molecule has 1 aliphatic heterocycles. The largest absolute Gasteiger partial charge is 0.464 e. The third-order valence-electron chi connectivity index (χ3n) is 6.95. The van der Waals surface area contributed by atoms with Gasteiger partial charge in [0.2, 0.25) is 11.8 Å². The lowest BCUT2D eigenvalue weighted by atomic mass is 9.69. The molecule has 0 atom stereocenters. The van der Waals surface area contributed by atoms with E-state index in [0.717, 1.165) is 11.1 Å². The number of alkyl halides is 2. The van der Waals surface area contributed by atoms with E-state index < -0.39 is 35.5 Å². The molecule has 2 fully saturated rings. The second-order valence-electron chi connectivity index (χ2n) is 10.1. The van der Waals surface area contributed by atoms with E-state index >= 15 is 0 Å². The highest BCUT2D eigenvalue weighted by molar-refractivity contribution is 6.03. The minimum atomic E-state index is -3.12. The molecule has 4 rings (SSSR count). The zero-order chi connectivity index (χ0) is 27.7. The van der Waals surface area contributed by atoms with Crippen LogP contribution in [0, 0.1) is 6.92 Å². The van der Waals surface area contributed by atoms with Crippen LogP contribution in [-0.2, 0) is 19.7 Å². The van der Waals surface area contributed by atoms with Crippen molar-refractivity contribution in [3.63, 3.8) is 0 Å². The number of halogens is 2. The molecule has 9 nitrogen and oxygen atoms in total. The fraction of sp³-hybridized carbons (Fsp3) is 0.481. The van der Waals surface area contributed by atoms with Crippen molar-refractivity contribution in [1.29, 1.82) is 0 Å². The quantitative estimate of drug-likeness (QED) is 0.472. The highest BCUT2D eigenvalue weighted by Crippen LogP contribution is 2.42. The predicted molar refractivity (Wildman–Crippen MR) is 135 cm³/mol. The lowest BCUT2D eigenvalue weighted by Crippen LogP contribution is -2.69. The number of amides is 3. The van der Waals surface area contributed by atoms with Crippen LogP contribution >= 0.6 is 0 Å². The molecule has 2 N–H and O–H groups in total. The summed E-state index contributed by atoms with van der Waals surface area (Å²) in [6.07, 6.45) is 0.973. The number of carbonyl (C=O) groups is 3. The fourth-order valence-electron chi connectivity index (χ4n) is 4.72. The number of urea groups is 1. The Balaban J connectivity index is 1.61. The number of nitrogens with one attached hydrogen (secondary N) is 2. The van der Waals surface area contributed by atoms with Crippen molar-refractivity contribution in [3.8, 4) is 5.88 Å². The van der Waals surface area contributed by atoms with Crippen molar-refractivity contribution in [1.82, 2.24) is 15.2 Å². The molecule has 2 heterocycles. The van der Waals surface area contributed by atoms with E-state index in [-0.39, 0.29) is 37.2 Å². The van der Waals surface area contributed by atoms with Gasteiger partial charge in [-0.2, -0.15) is 8.78 Å². The highest BCUT2D eigenvalue weighted by Gasteiger charge is 2.57. The topological polar surface area (TPSA) is 110 Å². The molecule has 0 bridgehead atoms. The number of rotatable bonds is 9. The number of anilines is 1. The zero-order valence-corrected chi connectivity index (χ0v) is 21.8. The number of carbonyl (C=O) groups excluding carboxylic acids is 3. The molecule has 3 amide bonds. The lowest BCUT2D eigenvalue weighted by Gasteiger charge is -2.50. The summed E-state index contributed by atoms with van der Waals surface area (Å²) in [6.45, 7) is 4.47. The monoisotopic (exact) mass is 530 g/mol. The van der Waals surface area contributed by atoms with Gasteiger partial charge in [-0.15, -0.1) is 0 Å². The van der Waals surface area contributed by atoms with Crippen molar-refractivity contribution in [2.45, 2.75) is 64.0 Å². The van der Waals surface area contributed by atoms with Gasteiger partial charge in [0.15, 0.2) is 0 Å².